The Balaban J connectivity index is 2.61. The molecule has 0 aliphatic heterocycles. The van der Waals surface area contributed by atoms with Gasteiger partial charge in [0.2, 0.25) is 0 Å². The van der Waals surface area contributed by atoms with Crippen LogP contribution in [0.2, 0.25) is 0 Å². The van der Waals surface area contributed by atoms with Gasteiger partial charge in [-0.2, -0.15) is 0 Å². The highest BCUT2D eigenvalue weighted by atomic mass is 14.9. The van der Waals surface area contributed by atoms with Crippen LogP contribution in [0, 0.1) is 0 Å². The SMILES string of the molecule is Cn1ccc(CCN)c1. The normalized spacial score (nSPS) is 10.0. The largest absolute Gasteiger partial charge is 0.357 e. The lowest BCUT2D eigenvalue weighted by Gasteiger charge is -1.88. The second-order valence-corrected chi connectivity index (χ2v) is 2.22. The molecular weight excluding hydrogens is 112 g/mol. The van der Waals surface area contributed by atoms with Crippen molar-refractivity contribution in [2.45, 2.75) is 6.42 Å². The number of hydrogen-bond acceptors (Lipinski definition) is 1. The van der Waals surface area contributed by atoms with E-state index in [-0.39, 0.29) is 0 Å². The van der Waals surface area contributed by atoms with Gasteiger partial charge >= 0.3 is 0 Å². The summed E-state index contributed by atoms with van der Waals surface area (Å²) in [6.45, 7) is 0.740. The van der Waals surface area contributed by atoms with Crippen LogP contribution in [0.5, 0.6) is 0 Å². The van der Waals surface area contributed by atoms with Gasteiger partial charge < -0.3 is 10.3 Å². The first-order chi connectivity index (χ1) is 4.33. The van der Waals surface area contributed by atoms with Crippen molar-refractivity contribution in [3.63, 3.8) is 0 Å². The van der Waals surface area contributed by atoms with Crippen LogP contribution in [0.15, 0.2) is 18.5 Å². The van der Waals surface area contributed by atoms with E-state index in [0.717, 1.165) is 13.0 Å². The van der Waals surface area contributed by atoms with Gasteiger partial charge in [0.15, 0.2) is 0 Å². The molecule has 50 valence electrons. The van der Waals surface area contributed by atoms with E-state index in [1.807, 2.05) is 17.8 Å². The van der Waals surface area contributed by atoms with Crippen LogP contribution in [0.3, 0.4) is 0 Å². The van der Waals surface area contributed by atoms with E-state index < -0.39 is 0 Å². The summed E-state index contributed by atoms with van der Waals surface area (Å²) in [7, 11) is 2.01. The maximum Gasteiger partial charge on any atom is 0.0106 e. The average molecular weight is 124 g/mol. The Morgan fingerprint density at radius 2 is 2.44 bits per heavy atom. The highest BCUT2D eigenvalue weighted by Crippen LogP contribution is 1.98. The van der Waals surface area contributed by atoms with E-state index >= 15 is 0 Å². The minimum atomic E-state index is 0.740. The van der Waals surface area contributed by atoms with Gasteiger partial charge in [-0.1, -0.05) is 0 Å². The Morgan fingerprint density at radius 1 is 1.67 bits per heavy atom. The van der Waals surface area contributed by atoms with Crippen LogP contribution in [-0.4, -0.2) is 11.1 Å². The van der Waals surface area contributed by atoms with E-state index in [1.54, 1.807) is 0 Å². The Bertz CT molecular complexity index is 179. The van der Waals surface area contributed by atoms with Crippen LogP contribution in [0.4, 0.5) is 0 Å². The van der Waals surface area contributed by atoms with E-state index in [4.69, 9.17) is 5.73 Å². The maximum absolute atomic E-state index is 5.36. The third-order valence-electron chi connectivity index (χ3n) is 1.33. The average Bonchev–Trinajstić information content (AvgIpc) is 2.17. The molecule has 0 amide bonds. The van der Waals surface area contributed by atoms with Crippen molar-refractivity contribution < 1.29 is 0 Å². The molecule has 9 heavy (non-hydrogen) atoms. The topological polar surface area (TPSA) is 30.9 Å². The van der Waals surface area contributed by atoms with Crippen molar-refractivity contribution in [3.8, 4) is 0 Å². The van der Waals surface area contributed by atoms with E-state index in [2.05, 4.69) is 12.3 Å². The molecule has 0 aromatic carbocycles. The van der Waals surface area contributed by atoms with Crippen molar-refractivity contribution in [2.75, 3.05) is 6.54 Å². The summed E-state index contributed by atoms with van der Waals surface area (Å²) >= 11 is 0. The van der Waals surface area contributed by atoms with Crippen molar-refractivity contribution >= 4 is 0 Å². The van der Waals surface area contributed by atoms with Crippen LogP contribution in [0.25, 0.3) is 0 Å². The quantitative estimate of drug-likeness (QED) is 0.612. The molecule has 1 aromatic rings. The molecule has 1 aromatic heterocycles. The van der Waals surface area contributed by atoms with Gasteiger partial charge in [-0.25, -0.2) is 0 Å². The third-order valence-corrected chi connectivity index (χ3v) is 1.33. The van der Waals surface area contributed by atoms with Crippen molar-refractivity contribution in [1.29, 1.82) is 0 Å². The molecule has 0 aliphatic rings. The van der Waals surface area contributed by atoms with Crippen LogP contribution in [0.1, 0.15) is 5.56 Å². The number of hydrogen-bond donors (Lipinski definition) is 1. The van der Waals surface area contributed by atoms with Gasteiger partial charge in [-0.3, -0.25) is 0 Å². The molecule has 0 unspecified atom stereocenters. The monoisotopic (exact) mass is 124 g/mol. The van der Waals surface area contributed by atoms with E-state index in [0.29, 0.717) is 0 Å². The fraction of sp³-hybridized carbons (Fsp3) is 0.429. The predicted molar refractivity (Wildman–Crippen MR) is 38.2 cm³/mol. The second kappa shape index (κ2) is 2.69. The number of nitrogens with zero attached hydrogens (tertiary/aromatic N) is 1. The predicted octanol–water partition coefficient (Wildman–Crippen LogP) is 0.526. The summed E-state index contributed by atoms with van der Waals surface area (Å²) in [4.78, 5) is 0. The molecule has 0 saturated heterocycles. The molecule has 0 spiro atoms. The van der Waals surface area contributed by atoms with Gasteiger partial charge in [0.25, 0.3) is 0 Å². The molecule has 1 heterocycles. The number of rotatable bonds is 2. The summed E-state index contributed by atoms with van der Waals surface area (Å²) in [5.41, 5.74) is 6.68. The standard InChI is InChI=1S/C7H12N2/c1-9-5-3-7(6-9)2-4-8/h3,5-6H,2,4,8H2,1H3. The van der Waals surface area contributed by atoms with Crippen molar-refractivity contribution in [2.24, 2.45) is 12.8 Å². The zero-order valence-electron chi connectivity index (χ0n) is 5.67. The Kier molecular flexibility index (Phi) is 1.90. The van der Waals surface area contributed by atoms with Crippen LogP contribution in [-0.2, 0) is 13.5 Å². The smallest absolute Gasteiger partial charge is 0.0106 e. The minimum absolute atomic E-state index is 0.740. The summed E-state index contributed by atoms with van der Waals surface area (Å²) in [6, 6.07) is 2.09. The molecule has 0 atom stereocenters. The minimum Gasteiger partial charge on any atom is -0.357 e. The highest BCUT2D eigenvalue weighted by molar-refractivity contribution is 5.09. The van der Waals surface area contributed by atoms with Crippen molar-refractivity contribution in [1.82, 2.24) is 4.57 Å². The van der Waals surface area contributed by atoms with Gasteiger partial charge in [0, 0.05) is 19.4 Å². The summed E-state index contributed by atoms with van der Waals surface area (Å²) in [5.74, 6) is 0. The van der Waals surface area contributed by atoms with Gasteiger partial charge in [0.1, 0.15) is 0 Å². The van der Waals surface area contributed by atoms with Gasteiger partial charge in [0.05, 0.1) is 0 Å². The number of aryl methyl sites for hydroxylation is 1. The van der Waals surface area contributed by atoms with E-state index in [9.17, 15) is 0 Å². The Morgan fingerprint density at radius 3 is 2.89 bits per heavy atom. The first-order valence-electron chi connectivity index (χ1n) is 3.14. The van der Waals surface area contributed by atoms with Crippen LogP contribution < -0.4 is 5.73 Å². The summed E-state index contributed by atoms with van der Waals surface area (Å²) < 4.78 is 2.03. The molecule has 0 radical (unpaired) electrons. The summed E-state index contributed by atoms with van der Waals surface area (Å²) in [6.07, 6.45) is 5.11. The maximum atomic E-state index is 5.36. The third kappa shape index (κ3) is 1.57. The molecule has 2 N–H and O–H groups in total. The molecule has 2 heteroatoms. The van der Waals surface area contributed by atoms with Crippen LogP contribution >= 0.6 is 0 Å². The number of nitrogens with two attached hydrogens (primary N) is 1. The first kappa shape index (κ1) is 6.36. The Labute approximate surface area is 55.3 Å². The van der Waals surface area contributed by atoms with Gasteiger partial charge in [-0.05, 0) is 24.6 Å². The zero-order chi connectivity index (χ0) is 6.69. The lowest BCUT2D eigenvalue weighted by Crippen LogP contribution is -2.01. The Hall–Kier alpha value is -0.760. The highest BCUT2D eigenvalue weighted by Gasteiger charge is 1.89. The molecule has 0 bridgehead atoms. The molecule has 0 saturated carbocycles. The molecular formula is C7H12N2. The fourth-order valence-electron chi connectivity index (χ4n) is 0.875. The van der Waals surface area contributed by atoms with Crippen molar-refractivity contribution in [3.05, 3.63) is 24.0 Å². The molecule has 0 aliphatic carbocycles. The lowest BCUT2D eigenvalue weighted by molar-refractivity contribution is 0.907. The molecule has 2 nitrogen and oxygen atoms in total. The summed E-state index contributed by atoms with van der Waals surface area (Å²) in [5, 5.41) is 0. The number of aromatic nitrogens is 1. The van der Waals surface area contributed by atoms with Gasteiger partial charge in [-0.15, -0.1) is 0 Å². The molecule has 1 rings (SSSR count). The zero-order valence-corrected chi connectivity index (χ0v) is 5.67. The fourth-order valence-corrected chi connectivity index (χ4v) is 0.875. The molecule has 0 fully saturated rings. The first-order valence-corrected chi connectivity index (χ1v) is 3.14. The van der Waals surface area contributed by atoms with E-state index in [1.165, 1.54) is 5.56 Å². The lowest BCUT2D eigenvalue weighted by atomic mass is 10.2. The second-order valence-electron chi connectivity index (χ2n) is 2.22.